The highest BCUT2D eigenvalue weighted by atomic mass is 16.5. The van der Waals surface area contributed by atoms with Crippen LogP contribution in [0.15, 0.2) is 61.2 Å². The Hall–Kier alpha value is -2.99. The van der Waals surface area contributed by atoms with E-state index in [1.165, 1.54) is 6.33 Å². The van der Waals surface area contributed by atoms with E-state index >= 15 is 0 Å². The summed E-state index contributed by atoms with van der Waals surface area (Å²) in [6.45, 7) is 0.510. The predicted molar refractivity (Wildman–Crippen MR) is 86.5 cm³/mol. The fourth-order valence-electron chi connectivity index (χ4n) is 2.22. The fraction of sp³-hybridized carbons (Fsp3) is 0.118. The van der Waals surface area contributed by atoms with E-state index in [0.717, 1.165) is 16.9 Å². The minimum Gasteiger partial charge on any atom is -0.380 e. The van der Waals surface area contributed by atoms with Gasteiger partial charge in [-0.2, -0.15) is 5.10 Å². The van der Waals surface area contributed by atoms with Crippen LogP contribution in [0.5, 0.6) is 0 Å². The summed E-state index contributed by atoms with van der Waals surface area (Å²) in [5.41, 5.74) is 3.17. The van der Waals surface area contributed by atoms with Gasteiger partial charge in [-0.15, -0.1) is 0 Å². The molecular formula is C17H16N4O2. The van der Waals surface area contributed by atoms with Gasteiger partial charge >= 0.3 is 0 Å². The maximum absolute atomic E-state index is 12.3. The molecule has 3 rings (SSSR count). The Balaban J connectivity index is 1.72. The molecule has 6 heteroatoms. The van der Waals surface area contributed by atoms with Crippen molar-refractivity contribution < 1.29 is 9.53 Å². The molecule has 0 fully saturated rings. The number of carbonyl (C=O) groups excluding carboxylic acids is 1. The number of rotatable bonds is 5. The van der Waals surface area contributed by atoms with Crippen molar-refractivity contribution in [2.45, 2.75) is 6.61 Å². The average molecular weight is 308 g/mol. The number of methoxy groups -OCH3 is 1. The third-order valence-corrected chi connectivity index (χ3v) is 3.31. The molecule has 6 nitrogen and oxygen atoms in total. The minimum absolute atomic E-state index is 0.162. The molecule has 0 atom stereocenters. The lowest BCUT2D eigenvalue weighted by Gasteiger charge is -2.08. The van der Waals surface area contributed by atoms with Crippen molar-refractivity contribution in [3.05, 3.63) is 72.3 Å². The van der Waals surface area contributed by atoms with Gasteiger partial charge in [0.05, 0.1) is 12.3 Å². The second-order valence-electron chi connectivity index (χ2n) is 4.97. The zero-order chi connectivity index (χ0) is 16.1. The number of hydrogen-bond donors (Lipinski definition) is 1. The van der Waals surface area contributed by atoms with Crippen LogP contribution in [-0.4, -0.2) is 27.8 Å². The van der Waals surface area contributed by atoms with Gasteiger partial charge in [-0.05, 0) is 42.0 Å². The number of ether oxygens (including phenoxy) is 1. The minimum atomic E-state index is -0.162. The molecule has 0 saturated carbocycles. The predicted octanol–water partition coefficient (Wildman–Crippen LogP) is 2.67. The summed E-state index contributed by atoms with van der Waals surface area (Å²) < 4.78 is 6.73. The van der Waals surface area contributed by atoms with Crippen LogP contribution in [0.4, 0.5) is 5.69 Å². The number of hydrogen-bond acceptors (Lipinski definition) is 4. The smallest absolute Gasteiger partial charge is 0.255 e. The molecule has 23 heavy (non-hydrogen) atoms. The molecular weight excluding hydrogens is 292 g/mol. The normalized spacial score (nSPS) is 10.5. The highest BCUT2D eigenvalue weighted by Gasteiger charge is 2.07. The molecule has 1 aromatic heterocycles. The molecule has 1 amide bonds. The molecule has 0 unspecified atom stereocenters. The van der Waals surface area contributed by atoms with Gasteiger partial charge in [-0.25, -0.2) is 9.67 Å². The van der Waals surface area contributed by atoms with Gasteiger partial charge in [0.1, 0.15) is 12.7 Å². The van der Waals surface area contributed by atoms with Crippen LogP contribution in [0.25, 0.3) is 5.69 Å². The lowest BCUT2D eigenvalue weighted by Crippen LogP contribution is -2.12. The first-order valence-corrected chi connectivity index (χ1v) is 7.10. The van der Waals surface area contributed by atoms with E-state index in [1.807, 2.05) is 36.4 Å². The van der Waals surface area contributed by atoms with Crippen LogP contribution < -0.4 is 5.32 Å². The van der Waals surface area contributed by atoms with Gasteiger partial charge in [0.15, 0.2) is 0 Å². The topological polar surface area (TPSA) is 69.0 Å². The Morgan fingerprint density at radius 2 is 2.04 bits per heavy atom. The van der Waals surface area contributed by atoms with Crippen molar-refractivity contribution in [1.82, 2.24) is 14.8 Å². The van der Waals surface area contributed by atoms with Crippen molar-refractivity contribution in [2.75, 3.05) is 12.4 Å². The maximum Gasteiger partial charge on any atom is 0.255 e. The monoisotopic (exact) mass is 308 g/mol. The quantitative estimate of drug-likeness (QED) is 0.787. The summed E-state index contributed by atoms with van der Waals surface area (Å²) in [6, 6.07) is 14.7. The Morgan fingerprint density at radius 3 is 2.74 bits per heavy atom. The third kappa shape index (κ3) is 3.61. The van der Waals surface area contributed by atoms with Gasteiger partial charge < -0.3 is 10.1 Å². The highest BCUT2D eigenvalue weighted by Crippen LogP contribution is 2.14. The molecule has 3 aromatic rings. The van der Waals surface area contributed by atoms with Crippen LogP contribution in [0, 0.1) is 0 Å². The van der Waals surface area contributed by atoms with Crippen LogP contribution in [0.3, 0.4) is 0 Å². The molecule has 0 bridgehead atoms. The Kier molecular flexibility index (Phi) is 4.44. The number of amides is 1. The first kappa shape index (κ1) is 14.9. The Labute approximate surface area is 133 Å². The first-order chi connectivity index (χ1) is 11.3. The van der Waals surface area contributed by atoms with Gasteiger partial charge in [0.2, 0.25) is 0 Å². The number of anilines is 1. The summed E-state index contributed by atoms with van der Waals surface area (Å²) in [5.74, 6) is -0.162. The number of nitrogens with zero attached hydrogens (tertiary/aromatic N) is 3. The van der Waals surface area contributed by atoms with Crippen molar-refractivity contribution in [3.8, 4) is 5.69 Å². The van der Waals surface area contributed by atoms with Crippen LogP contribution in [-0.2, 0) is 11.3 Å². The van der Waals surface area contributed by atoms with E-state index in [0.29, 0.717) is 12.2 Å². The molecule has 116 valence electrons. The maximum atomic E-state index is 12.3. The zero-order valence-corrected chi connectivity index (χ0v) is 12.6. The number of carbonyl (C=O) groups is 1. The summed E-state index contributed by atoms with van der Waals surface area (Å²) in [4.78, 5) is 16.2. The summed E-state index contributed by atoms with van der Waals surface area (Å²) in [5, 5.41) is 6.93. The van der Waals surface area contributed by atoms with Crippen molar-refractivity contribution in [2.24, 2.45) is 0 Å². The Morgan fingerprint density at radius 1 is 1.22 bits per heavy atom. The molecule has 0 aliphatic carbocycles. The summed E-state index contributed by atoms with van der Waals surface area (Å²) >= 11 is 0. The van der Waals surface area contributed by atoms with E-state index < -0.39 is 0 Å². The Bertz CT molecular complexity index is 783. The molecule has 0 spiro atoms. The SMILES string of the molecule is COCc1cccc(NC(=O)c2ccc(-n3cncn3)cc2)c1. The van der Waals surface area contributed by atoms with Crippen molar-refractivity contribution in [3.63, 3.8) is 0 Å². The number of aromatic nitrogens is 3. The fourth-order valence-corrected chi connectivity index (χ4v) is 2.22. The van der Waals surface area contributed by atoms with Crippen LogP contribution in [0.1, 0.15) is 15.9 Å². The number of nitrogens with one attached hydrogen (secondary N) is 1. The average Bonchev–Trinajstić information content (AvgIpc) is 3.10. The first-order valence-electron chi connectivity index (χ1n) is 7.10. The molecule has 0 aliphatic rings. The highest BCUT2D eigenvalue weighted by molar-refractivity contribution is 6.04. The van der Waals surface area contributed by atoms with Crippen molar-refractivity contribution >= 4 is 11.6 Å². The van der Waals surface area contributed by atoms with E-state index in [4.69, 9.17) is 4.74 Å². The van der Waals surface area contributed by atoms with Gasteiger partial charge in [-0.1, -0.05) is 12.1 Å². The molecule has 1 N–H and O–H groups in total. The van der Waals surface area contributed by atoms with Gasteiger partial charge in [0.25, 0.3) is 5.91 Å². The van der Waals surface area contributed by atoms with E-state index in [1.54, 1.807) is 30.3 Å². The van der Waals surface area contributed by atoms with Crippen LogP contribution >= 0.6 is 0 Å². The lowest BCUT2D eigenvalue weighted by molar-refractivity contribution is 0.102. The van der Waals surface area contributed by atoms with Crippen LogP contribution in [0.2, 0.25) is 0 Å². The molecule has 2 aromatic carbocycles. The van der Waals surface area contributed by atoms with E-state index in [-0.39, 0.29) is 5.91 Å². The summed E-state index contributed by atoms with van der Waals surface area (Å²) in [7, 11) is 1.64. The van der Waals surface area contributed by atoms with E-state index in [2.05, 4.69) is 15.4 Å². The van der Waals surface area contributed by atoms with E-state index in [9.17, 15) is 4.79 Å². The van der Waals surface area contributed by atoms with Crippen molar-refractivity contribution in [1.29, 1.82) is 0 Å². The molecule has 0 radical (unpaired) electrons. The molecule has 0 saturated heterocycles. The van der Waals surface area contributed by atoms with Gasteiger partial charge in [-0.3, -0.25) is 4.79 Å². The third-order valence-electron chi connectivity index (χ3n) is 3.31. The molecule has 1 heterocycles. The number of benzene rings is 2. The van der Waals surface area contributed by atoms with Gasteiger partial charge in [0, 0.05) is 18.4 Å². The standard InChI is InChI=1S/C17H16N4O2/c1-23-10-13-3-2-4-15(9-13)20-17(22)14-5-7-16(8-6-14)21-12-18-11-19-21/h2-9,11-12H,10H2,1H3,(H,20,22). The second-order valence-corrected chi connectivity index (χ2v) is 4.97. The zero-order valence-electron chi connectivity index (χ0n) is 12.6. The summed E-state index contributed by atoms with van der Waals surface area (Å²) in [6.07, 6.45) is 3.07. The largest absolute Gasteiger partial charge is 0.380 e. The molecule has 0 aliphatic heterocycles. The lowest BCUT2D eigenvalue weighted by atomic mass is 10.1. The second kappa shape index (κ2) is 6.85.